The highest BCUT2D eigenvalue weighted by molar-refractivity contribution is 7.80. The zero-order valence-electron chi connectivity index (χ0n) is 13.6. The molecule has 0 spiro atoms. The van der Waals surface area contributed by atoms with E-state index in [1.54, 1.807) is 13.8 Å². The Kier molecular flexibility index (Phi) is 9.84. The Morgan fingerprint density at radius 3 is 2.00 bits per heavy atom. The van der Waals surface area contributed by atoms with Gasteiger partial charge in [0.2, 0.25) is 5.91 Å². The maximum atomic E-state index is 12.3. The number of nitrogens with one attached hydrogen (secondary N) is 1. The topological polar surface area (TPSA) is 90.9 Å². The first kappa shape index (κ1) is 20.7. The zero-order valence-corrected chi connectivity index (χ0v) is 14.5. The fourth-order valence-electron chi connectivity index (χ4n) is 2.07. The molecule has 128 valence electrons. The molecular weight excluding hydrogens is 310 g/mol. The molecule has 0 aromatic rings. The lowest BCUT2D eigenvalue weighted by Crippen LogP contribution is -2.48. The number of carbonyl (C=O) groups excluding carboxylic acids is 3. The smallest absolute Gasteiger partial charge is 0.328 e. The molecular formula is C14H25NO6S. The molecule has 4 unspecified atom stereocenters. The van der Waals surface area contributed by atoms with E-state index in [2.05, 4.69) is 22.7 Å². The minimum atomic E-state index is -0.798. The van der Waals surface area contributed by atoms with Gasteiger partial charge in [0.25, 0.3) is 0 Å². The summed E-state index contributed by atoms with van der Waals surface area (Å²) in [7, 11) is 3.94. The number of hydrogen-bond donors (Lipinski definition) is 2. The molecule has 1 amide bonds. The monoisotopic (exact) mass is 335 g/mol. The minimum absolute atomic E-state index is 0.330. The van der Waals surface area contributed by atoms with Crippen LogP contribution in [0, 0.1) is 11.8 Å². The van der Waals surface area contributed by atoms with Crippen molar-refractivity contribution in [1.29, 1.82) is 0 Å². The van der Waals surface area contributed by atoms with Crippen molar-refractivity contribution in [3.05, 3.63) is 0 Å². The first-order chi connectivity index (χ1) is 10.3. The van der Waals surface area contributed by atoms with Crippen molar-refractivity contribution in [3.8, 4) is 0 Å². The second-order valence-corrected chi connectivity index (χ2v) is 5.32. The van der Waals surface area contributed by atoms with E-state index < -0.39 is 41.8 Å². The van der Waals surface area contributed by atoms with Gasteiger partial charge >= 0.3 is 11.9 Å². The van der Waals surface area contributed by atoms with Crippen LogP contribution < -0.4 is 5.32 Å². The summed E-state index contributed by atoms with van der Waals surface area (Å²) < 4.78 is 14.5. The van der Waals surface area contributed by atoms with Crippen LogP contribution in [0.4, 0.5) is 0 Å². The molecule has 0 aromatic carbocycles. The minimum Gasteiger partial charge on any atom is -0.469 e. The fourth-order valence-corrected chi connectivity index (χ4v) is 2.33. The third-order valence-electron chi connectivity index (χ3n) is 3.52. The number of methoxy groups -OCH3 is 3. The molecule has 7 nitrogen and oxygen atoms in total. The Bertz CT molecular complexity index is 390. The van der Waals surface area contributed by atoms with Crippen LogP contribution in [0.1, 0.15) is 20.3 Å². The summed E-state index contributed by atoms with van der Waals surface area (Å²) in [4.78, 5) is 35.8. The van der Waals surface area contributed by atoms with Crippen LogP contribution in [0.25, 0.3) is 0 Å². The highest BCUT2D eigenvalue weighted by atomic mass is 32.1. The number of ether oxygens (including phenoxy) is 3. The van der Waals surface area contributed by atoms with Gasteiger partial charge in [0.15, 0.2) is 0 Å². The van der Waals surface area contributed by atoms with Gasteiger partial charge in [-0.15, -0.1) is 0 Å². The predicted molar refractivity (Wildman–Crippen MR) is 83.6 cm³/mol. The van der Waals surface area contributed by atoms with Crippen LogP contribution in [0.3, 0.4) is 0 Å². The second-order valence-electron chi connectivity index (χ2n) is 4.88. The average Bonchev–Trinajstić information content (AvgIpc) is 2.52. The number of hydrogen-bond acceptors (Lipinski definition) is 7. The second kappa shape index (κ2) is 10.4. The zero-order chi connectivity index (χ0) is 17.3. The van der Waals surface area contributed by atoms with Gasteiger partial charge in [-0.05, 0) is 19.1 Å². The van der Waals surface area contributed by atoms with Gasteiger partial charge in [-0.25, -0.2) is 4.79 Å². The number of rotatable bonds is 9. The molecule has 0 fully saturated rings. The summed E-state index contributed by atoms with van der Waals surface area (Å²) in [6.07, 6.45) is -0.175. The van der Waals surface area contributed by atoms with Gasteiger partial charge in [-0.1, -0.05) is 6.92 Å². The van der Waals surface area contributed by atoms with E-state index in [1.165, 1.54) is 21.3 Å². The van der Waals surface area contributed by atoms with Crippen molar-refractivity contribution >= 4 is 30.5 Å². The van der Waals surface area contributed by atoms with Gasteiger partial charge in [0, 0.05) is 7.11 Å². The normalized spacial score (nSPS) is 16.1. The van der Waals surface area contributed by atoms with E-state index in [1.807, 2.05) is 0 Å². The van der Waals surface area contributed by atoms with E-state index in [9.17, 15) is 14.4 Å². The summed E-state index contributed by atoms with van der Waals surface area (Å²) >= 11 is 4.05. The molecule has 0 aliphatic rings. The van der Waals surface area contributed by atoms with E-state index in [0.717, 1.165) is 0 Å². The largest absolute Gasteiger partial charge is 0.469 e. The summed E-state index contributed by atoms with van der Waals surface area (Å²) in [5.74, 6) is -2.64. The van der Waals surface area contributed by atoms with Crippen LogP contribution >= 0.6 is 12.6 Å². The first-order valence-electron chi connectivity index (χ1n) is 6.93. The lowest BCUT2D eigenvalue weighted by atomic mass is 9.88. The molecule has 0 aliphatic carbocycles. The van der Waals surface area contributed by atoms with Crippen molar-refractivity contribution in [3.63, 3.8) is 0 Å². The van der Waals surface area contributed by atoms with Gasteiger partial charge in [0.1, 0.15) is 6.04 Å². The molecule has 0 rings (SSSR count). The van der Waals surface area contributed by atoms with Crippen molar-refractivity contribution < 1.29 is 28.6 Å². The molecule has 22 heavy (non-hydrogen) atoms. The third kappa shape index (κ3) is 5.84. The standard InChI is InChI=1S/C14H25NO6S/c1-8(11(9(2)19-3)14(18)21-5)12(16)15-10(6-7-22)13(17)20-4/h8-11,22H,6-7H2,1-5H3,(H,15,16). The summed E-state index contributed by atoms with van der Waals surface area (Å²) in [6, 6.07) is -0.798. The summed E-state index contributed by atoms with van der Waals surface area (Å²) in [5, 5.41) is 2.58. The highest BCUT2D eigenvalue weighted by Gasteiger charge is 2.37. The molecule has 4 atom stereocenters. The van der Waals surface area contributed by atoms with Crippen LogP contribution in [0.5, 0.6) is 0 Å². The lowest BCUT2D eigenvalue weighted by Gasteiger charge is -2.27. The molecule has 0 saturated carbocycles. The fraction of sp³-hybridized carbons (Fsp3) is 0.786. The van der Waals surface area contributed by atoms with E-state index >= 15 is 0 Å². The summed E-state index contributed by atoms with van der Waals surface area (Å²) in [6.45, 7) is 3.26. The Hall–Kier alpha value is -1.28. The quantitative estimate of drug-likeness (QED) is 0.469. The van der Waals surface area contributed by atoms with Crippen molar-refractivity contribution in [1.82, 2.24) is 5.32 Å². The molecule has 0 radical (unpaired) electrons. The van der Waals surface area contributed by atoms with Crippen LogP contribution in [0.2, 0.25) is 0 Å². The maximum Gasteiger partial charge on any atom is 0.328 e. The van der Waals surface area contributed by atoms with Crippen molar-refractivity contribution in [2.75, 3.05) is 27.1 Å². The van der Waals surface area contributed by atoms with Crippen molar-refractivity contribution in [2.45, 2.75) is 32.4 Å². The average molecular weight is 335 g/mol. The number of esters is 2. The van der Waals surface area contributed by atoms with Gasteiger partial charge in [-0.2, -0.15) is 12.6 Å². The van der Waals surface area contributed by atoms with Crippen LogP contribution in [-0.4, -0.2) is 57.1 Å². The molecule has 0 aromatic heterocycles. The Morgan fingerprint density at radius 1 is 1.05 bits per heavy atom. The van der Waals surface area contributed by atoms with E-state index in [0.29, 0.717) is 12.2 Å². The SMILES string of the molecule is COC(=O)C(CCS)NC(=O)C(C)C(C(=O)OC)C(C)OC. The van der Waals surface area contributed by atoms with Crippen molar-refractivity contribution in [2.24, 2.45) is 11.8 Å². The molecule has 1 N–H and O–H groups in total. The molecule has 0 heterocycles. The Balaban J connectivity index is 5.05. The van der Waals surface area contributed by atoms with Gasteiger partial charge in [0.05, 0.1) is 32.2 Å². The number of carbonyl (C=O) groups is 3. The Morgan fingerprint density at radius 2 is 1.59 bits per heavy atom. The molecule has 8 heteroatoms. The van der Waals surface area contributed by atoms with Crippen LogP contribution in [0.15, 0.2) is 0 Å². The summed E-state index contributed by atoms with van der Waals surface area (Å²) in [5.41, 5.74) is 0. The van der Waals surface area contributed by atoms with Crippen LogP contribution in [-0.2, 0) is 28.6 Å². The highest BCUT2D eigenvalue weighted by Crippen LogP contribution is 2.20. The number of amides is 1. The lowest BCUT2D eigenvalue weighted by molar-refractivity contribution is -0.156. The molecule has 0 saturated heterocycles. The molecule has 0 bridgehead atoms. The first-order valence-corrected chi connectivity index (χ1v) is 7.56. The third-order valence-corrected chi connectivity index (χ3v) is 3.78. The number of thiol groups is 1. The van der Waals surface area contributed by atoms with Gasteiger partial charge < -0.3 is 19.5 Å². The maximum absolute atomic E-state index is 12.3. The van der Waals surface area contributed by atoms with E-state index in [4.69, 9.17) is 9.47 Å². The van der Waals surface area contributed by atoms with Gasteiger partial charge in [-0.3, -0.25) is 9.59 Å². The Labute approximate surface area is 136 Å². The predicted octanol–water partition coefficient (Wildman–Crippen LogP) is 0.424. The molecule has 0 aliphatic heterocycles. The van der Waals surface area contributed by atoms with E-state index in [-0.39, 0.29) is 0 Å².